The lowest BCUT2D eigenvalue weighted by Crippen LogP contribution is -2.02. The normalized spacial score (nSPS) is 11.3. The number of rotatable bonds is 1. The van der Waals surface area contributed by atoms with Gasteiger partial charge in [0.15, 0.2) is 0 Å². The first-order chi connectivity index (χ1) is 6.61. The fourth-order valence-electron chi connectivity index (χ4n) is 0.850. The summed E-state index contributed by atoms with van der Waals surface area (Å²) < 4.78 is 0. The van der Waals surface area contributed by atoms with Gasteiger partial charge in [-0.1, -0.05) is 5.92 Å². The van der Waals surface area contributed by atoms with Crippen LogP contribution in [0.5, 0.6) is 0 Å². The summed E-state index contributed by atoms with van der Waals surface area (Å²) in [6.45, 7) is 1.50. The van der Waals surface area contributed by atoms with Gasteiger partial charge in [-0.2, -0.15) is 0 Å². The van der Waals surface area contributed by atoms with Gasteiger partial charge in [-0.3, -0.25) is 0 Å². The Labute approximate surface area is 81.2 Å². The molecule has 0 saturated heterocycles. The molecule has 2 N–H and O–H groups in total. The standard InChI is InChI=1S/C10H9NO3/c1-7(12)4-5-9-8(10(13)14)3-2-6-11-9/h2-3,6-7,12H,1H3,(H,13,14)/t7-/m1/s1. The second kappa shape index (κ2) is 4.40. The van der Waals surface area contributed by atoms with Crippen LogP contribution in [0.3, 0.4) is 0 Å². The maximum atomic E-state index is 10.7. The summed E-state index contributed by atoms with van der Waals surface area (Å²) in [6.07, 6.45) is 0.664. The van der Waals surface area contributed by atoms with Gasteiger partial charge in [0.05, 0.1) is 5.56 Å². The van der Waals surface area contributed by atoms with E-state index in [-0.39, 0.29) is 11.3 Å². The van der Waals surface area contributed by atoms with E-state index in [9.17, 15) is 4.79 Å². The molecule has 1 rings (SSSR count). The minimum Gasteiger partial charge on any atom is -0.478 e. The second-order valence-corrected chi connectivity index (χ2v) is 2.65. The van der Waals surface area contributed by atoms with E-state index in [1.165, 1.54) is 25.3 Å². The van der Waals surface area contributed by atoms with Crippen molar-refractivity contribution in [2.24, 2.45) is 0 Å². The molecule has 72 valence electrons. The van der Waals surface area contributed by atoms with Crippen LogP contribution in [0.2, 0.25) is 0 Å². The van der Waals surface area contributed by atoms with Crippen molar-refractivity contribution in [1.29, 1.82) is 0 Å². The first kappa shape index (κ1) is 10.2. The lowest BCUT2D eigenvalue weighted by atomic mass is 10.2. The Bertz CT molecular complexity index is 401. The summed E-state index contributed by atoms with van der Waals surface area (Å²) in [7, 11) is 0. The zero-order chi connectivity index (χ0) is 10.6. The monoisotopic (exact) mass is 191 g/mol. The number of nitrogens with zero attached hydrogens (tertiary/aromatic N) is 1. The number of aromatic carboxylic acids is 1. The number of hydrogen-bond acceptors (Lipinski definition) is 3. The summed E-state index contributed by atoms with van der Waals surface area (Å²) >= 11 is 0. The van der Waals surface area contributed by atoms with E-state index >= 15 is 0 Å². The van der Waals surface area contributed by atoms with Crippen molar-refractivity contribution in [1.82, 2.24) is 4.98 Å². The fraction of sp³-hybridized carbons (Fsp3) is 0.200. The van der Waals surface area contributed by atoms with Crippen molar-refractivity contribution in [2.45, 2.75) is 13.0 Å². The third-order valence-corrected chi connectivity index (χ3v) is 1.44. The molecule has 0 aliphatic heterocycles. The zero-order valence-corrected chi connectivity index (χ0v) is 7.56. The highest BCUT2D eigenvalue weighted by molar-refractivity contribution is 5.89. The fourth-order valence-corrected chi connectivity index (χ4v) is 0.850. The molecule has 0 saturated carbocycles. The largest absolute Gasteiger partial charge is 0.478 e. The van der Waals surface area contributed by atoms with Crippen molar-refractivity contribution < 1.29 is 15.0 Å². The van der Waals surface area contributed by atoms with Crippen molar-refractivity contribution in [2.75, 3.05) is 0 Å². The number of aliphatic hydroxyl groups excluding tert-OH is 1. The van der Waals surface area contributed by atoms with Crippen molar-refractivity contribution in [3.8, 4) is 11.8 Å². The van der Waals surface area contributed by atoms with E-state index in [1.54, 1.807) is 0 Å². The van der Waals surface area contributed by atoms with Gasteiger partial charge in [0.25, 0.3) is 0 Å². The van der Waals surface area contributed by atoms with Crippen molar-refractivity contribution in [3.63, 3.8) is 0 Å². The molecule has 0 aromatic carbocycles. The van der Waals surface area contributed by atoms with E-state index < -0.39 is 12.1 Å². The number of pyridine rings is 1. The van der Waals surface area contributed by atoms with Crippen LogP contribution in [-0.4, -0.2) is 27.3 Å². The molecule has 1 aromatic rings. The summed E-state index contributed by atoms with van der Waals surface area (Å²) in [4.78, 5) is 14.5. The van der Waals surface area contributed by atoms with Crippen LogP contribution < -0.4 is 0 Å². The first-order valence-electron chi connectivity index (χ1n) is 3.99. The third-order valence-electron chi connectivity index (χ3n) is 1.44. The molecule has 4 heteroatoms. The van der Waals surface area contributed by atoms with E-state index in [0.29, 0.717) is 0 Å². The summed E-state index contributed by atoms with van der Waals surface area (Å²) in [5.41, 5.74) is 0.210. The molecule has 0 fully saturated rings. The van der Waals surface area contributed by atoms with Gasteiger partial charge in [-0.15, -0.1) is 0 Å². The highest BCUT2D eigenvalue weighted by Gasteiger charge is 2.07. The number of hydrogen-bond donors (Lipinski definition) is 2. The van der Waals surface area contributed by atoms with Crippen molar-refractivity contribution >= 4 is 5.97 Å². The van der Waals surface area contributed by atoms with Gasteiger partial charge in [0.2, 0.25) is 0 Å². The van der Waals surface area contributed by atoms with Crippen LogP contribution >= 0.6 is 0 Å². The van der Waals surface area contributed by atoms with Gasteiger partial charge < -0.3 is 10.2 Å². The zero-order valence-electron chi connectivity index (χ0n) is 7.56. The Morgan fingerprint density at radius 3 is 2.93 bits per heavy atom. The molecule has 0 amide bonds. The predicted molar refractivity (Wildman–Crippen MR) is 49.8 cm³/mol. The molecule has 0 spiro atoms. The lowest BCUT2D eigenvalue weighted by Gasteiger charge is -1.96. The number of aromatic nitrogens is 1. The summed E-state index contributed by atoms with van der Waals surface area (Å²) in [5, 5.41) is 17.7. The molecular weight excluding hydrogens is 182 g/mol. The number of aliphatic hydroxyl groups is 1. The van der Waals surface area contributed by atoms with Gasteiger partial charge in [0.1, 0.15) is 11.8 Å². The Morgan fingerprint density at radius 2 is 2.36 bits per heavy atom. The second-order valence-electron chi connectivity index (χ2n) is 2.65. The topological polar surface area (TPSA) is 70.4 Å². The summed E-state index contributed by atoms with van der Waals surface area (Å²) in [5.74, 6) is 3.86. The maximum absolute atomic E-state index is 10.7. The van der Waals surface area contributed by atoms with E-state index in [2.05, 4.69) is 16.8 Å². The molecular formula is C10H9NO3. The minimum atomic E-state index is -1.08. The molecule has 1 aromatic heterocycles. The van der Waals surface area contributed by atoms with E-state index in [0.717, 1.165) is 0 Å². The Hall–Kier alpha value is -1.86. The highest BCUT2D eigenvalue weighted by Crippen LogP contribution is 2.03. The van der Waals surface area contributed by atoms with Crippen LogP contribution in [0.25, 0.3) is 0 Å². The van der Waals surface area contributed by atoms with Crippen LogP contribution in [0, 0.1) is 11.8 Å². The van der Waals surface area contributed by atoms with Crippen LogP contribution in [0.15, 0.2) is 18.3 Å². The van der Waals surface area contributed by atoms with E-state index in [1.807, 2.05) is 0 Å². The maximum Gasteiger partial charge on any atom is 0.338 e. The molecule has 14 heavy (non-hydrogen) atoms. The minimum absolute atomic E-state index is 0.0423. The van der Waals surface area contributed by atoms with Gasteiger partial charge in [-0.25, -0.2) is 9.78 Å². The SMILES string of the molecule is C[C@@H](O)C#Cc1ncccc1C(=O)O. The molecule has 0 bridgehead atoms. The lowest BCUT2D eigenvalue weighted by molar-refractivity contribution is 0.0696. The smallest absolute Gasteiger partial charge is 0.338 e. The average molecular weight is 191 g/mol. The van der Waals surface area contributed by atoms with Crippen LogP contribution in [0.1, 0.15) is 23.0 Å². The molecule has 1 atom stereocenters. The molecule has 0 aliphatic rings. The van der Waals surface area contributed by atoms with E-state index in [4.69, 9.17) is 10.2 Å². The molecule has 0 aliphatic carbocycles. The van der Waals surface area contributed by atoms with Crippen LogP contribution in [0.4, 0.5) is 0 Å². The molecule has 4 nitrogen and oxygen atoms in total. The molecule has 0 unspecified atom stereocenters. The molecule has 1 heterocycles. The third kappa shape index (κ3) is 2.57. The van der Waals surface area contributed by atoms with Gasteiger partial charge in [-0.05, 0) is 25.0 Å². The predicted octanol–water partition coefficient (Wildman–Crippen LogP) is 0.512. The van der Waals surface area contributed by atoms with Gasteiger partial charge >= 0.3 is 5.97 Å². The highest BCUT2D eigenvalue weighted by atomic mass is 16.4. The Kier molecular flexibility index (Phi) is 3.21. The number of carboxylic acids is 1. The van der Waals surface area contributed by atoms with Gasteiger partial charge in [0, 0.05) is 6.20 Å². The number of carbonyl (C=O) groups is 1. The quantitative estimate of drug-likeness (QED) is 0.634. The Balaban J connectivity index is 3.10. The van der Waals surface area contributed by atoms with Crippen LogP contribution in [-0.2, 0) is 0 Å². The molecule has 0 radical (unpaired) electrons. The van der Waals surface area contributed by atoms with Crippen molar-refractivity contribution in [3.05, 3.63) is 29.6 Å². The Morgan fingerprint density at radius 1 is 1.64 bits per heavy atom. The first-order valence-corrected chi connectivity index (χ1v) is 3.99. The average Bonchev–Trinajstić information content (AvgIpc) is 2.15. The number of carboxylic acid groups (broad SMARTS) is 1. The summed E-state index contributed by atoms with van der Waals surface area (Å²) in [6, 6.07) is 2.94.